The lowest BCUT2D eigenvalue weighted by molar-refractivity contribution is 0.252. The van der Waals surface area contributed by atoms with Gasteiger partial charge in [0.1, 0.15) is 0 Å². The second kappa shape index (κ2) is 8.70. The van der Waals surface area contributed by atoms with Crippen molar-refractivity contribution >= 4 is 34.8 Å². The summed E-state index contributed by atoms with van der Waals surface area (Å²) in [5.41, 5.74) is 1.56. The van der Waals surface area contributed by atoms with E-state index in [0.29, 0.717) is 40.4 Å². The topological polar surface area (TPSA) is 64.5 Å². The summed E-state index contributed by atoms with van der Waals surface area (Å²) < 4.78 is 24.5. The van der Waals surface area contributed by atoms with Gasteiger partial charge in [0.15, 0.2) is 16.6 Å². The van der Waals surface area contributed by atoms with Crippen LogP contribution in [0.1, 0.15) is 5.56 Å². The minimum atomic E-state index is -2.44. The average molecular weight is 370 g/mol. The van der Waals surface area contributed by atoms with Gasteiger partial charge >= 0.3 is 0 Å². The number of rotatable bonds is 6. The Morgan fingerprint density at radius 1 is 1.08 bits per heavy atom. The van der Waals surface area contributed by atoms with Gasteiger partial charge in [0, 0.05) is 17.1 Å². The molecule has 8 heteroatoms. The Morgan fingerprint density at radius 2 is 1.79 bits per heavy atom. The zero-order valence-electron chi connectivity index (χ0n) is 12.5. The van der Waals surface area contributed by atoms with Gasteiger partial charge in [0.05, 0.1) is 0 Å². The maximum atomic E-state index is 12.2. The molecule has 0 unspecified atom stereocenters. The number of anilines is 1. The summed E-state index contributed by atoms with van der Waals surface area (Å²) in [5, 5.41) is 25.1. The molecule has 0 bridgehead atoms. The average Bonchev–Trinajstić information content (AvgIpc) is 2.52. The Bertz CT molecular complexity index is 697. The standard InChI is InChI=1S/C16H16F2N2O2S2/c17-15(18)24-12-4-2-11(3-5-12)20-16(23)19-8-7-10-1-6-13(21)14(22)9-10/h1-6,9,15,21-22H,7-8H2,(H2,19,20,23). The monoisotopic (exact) mass is 370 g/mol. The zero-order valence-corrected chi connectivity index (χ0v) is 14.1. The molecule has 0 aliphatic carbocycles. The molecule has 2 aromatic carbocycles. The molecular weight excluding hydrogens is 354 g/mol. The van der Waals surface area contributed by atoms with Gasteiger partial charge in [-0.2, -0.15) is 8.78 Å². The fourth-order valence-electron chi connectivity index (χ4n) is 1.94. The molecule has 4 nitrogen and oxygen atoms in total. The van der Waals surface area contributed by atoms with Crippen molar-refractivity contribution in [2.45, 2.75) is 17.1 Å². The van der Waals surface area contributed by atoms with E-state index >= 15 is 0 Å². The van der Waals surface area contributed by atoms with E-state index in [0.717, 1.165) is 5.56 Å². The molecule has 0 saturated carbocycles. The van der Waals surface area contributed by atoms with Crippen LogP contribution < -0.4 is 10.6 Å². The van der Waals surface area contributed by atoms with Crippen molar-refractivity contribution in [3.63, 3.8) is 0 Å². The predicted molar refractivity (Wildman–Crippen MR) is 96.0 cm³/mol. The van der Waals surface area contributed by atoms with Crippen LogP contribution in [0.2, 0.25) is 0 Å². The van der Waals surface area contributed by atoms with Gasteiger partial charge in [0.25, 0.3) is 5.76 Å². The van der Waals surface area contributed by atoms with E-state index in [4.69, 9.17) is 12.2 Å². The molecule has 2 rings (SSSR count). The number of thiocarbonyl (C=S) groups is 1. The maximum Gasteiger partial charge on any atom is 0.288 e. The first-order valence-electron chi connectivity index (χ1n) is 7.04. The Morgan fingerprint density at radius 3 is 2.42 bits per heavy atom. The van der Waals surface area contributed by atoms with Gasteiger partial charge < -0.3 is 20.8 Å². The van der Waals surface area contributed by atoms with Crippen LogP contribution in [0.15, 0.2) is 47.4 Å². The molecular formula is C16H16F2N2O2S2. The molecule has 0 spiro atoms. The maximum absolute atomic E-state index is 12.2. The van der Waals surface area contributed by atoms with Gasteiger partial charge in [-0.25, -0.2) is 0 Å². The van der Waals surface area contributed by atoms with Gasteiger partial charge in [-0.05, 0) is 60.6 Å². The number of phenols is 2. The molecule has 4 N–H and O–H groups in total. The van der Waals surface area contributed by atoms with Crippen LogP contribution in [0, 0.1) is 0 Å². The van der Waals surface area contributed by atoms with Crippen molar-refractivity contribution in [3.8, 4) is 11.5 Å². The molecule has 0 radical (unpaired) electrons. The van der Waals surface area contributed by atoms with E-state index in [9.17, 15) is 19.0 Å². The molecule has 0 heterocycles. The number of phenolic OH excluding ortho intramolecular Hbond substituents is 2. The summed E-state index contributed by atoms with van der Waals surface area (Å²) in [6.45, 7) is 0.537. The minimum Gasteiger partial charge on any atom is -0.504 e. The third-order valence-electron chi connectivity index (χ3n) is 3.08. The van der Waals surface area contributed by atoms with Crippen LogP contribution in [0.5, 0.6) is 11.5 Å². The van der Waals surface area contributed by atoms with Gasteiger partial charge in [-0.3, -0.25) is 0 Å². The number of aromatic hydroxyl groups is 2. The summed E-state index contributed by atoms with van der Waals surface area (Å²) >= 11 is 5.66. The number of hydrogen-bond donors (Lipinski definition) is 4. The fourth-order valence-corrected chi connectivity index (χ4v) is 2.66. The van der Waals surface area contributed by atoms with Gasteiger partial charge in [-0.15, -0.1) is 0 Å². The first-order chi connectivity index (χ1) is 11.4. The number of hydrogen-bond acceptors (Lipinski definition) is 4. The van der Waals surface area contributed by atoms with E-state index in [2.05, 4.69) is 10.6 Å². The number of thioether (sulfide) groups is 1. The summed E-state index contributed by atoms with van der Waals surface area (Å²) in [5.74, 6) is -2.75. The Hall–Kier alpha value is -2.06. The first-order valence-corrected chi connectivity index (χ1v) is 8.33. The Labute approximate surface area is 147 Å². The normalized spacial score (nSPS) is 10.6. The summed E-state index contributed by atoms with van der Waals surface area (Å²) in [7, 11) is 0. The summed E-state index contributed by atoms with van der Waals surface area (Å²) in [6, 6.07) is 11.2. The van der Waals surface area contributed by atoms with Crippen molar-refractivity contribution < 1.29 is 19.0 Å². The minimum absolute atomic E-state index is 0.155. The number of benzene rings is 2. The number of alkyl halides is 2. The lowest BCUT2D eigenvalue weighted by Gasteiger charge is -2.11. The first kappa shape index (κ1) is 18.3. The highest BCUT2D eigenvalue weighted by molar-refractivity contribution is 7.99. The van der Waals surface area contributed by atoms with E-state index in [1.165, 1.54) is 12.1 Å². The van der Waals surface area contributed by atoms with Crippen LogP contribution in [-0.2, 0) is 6.42 Å². The molecule has 2 aromatic rings. The van der Waals surface area contributed by atoms with Crippen LogP contribution in [0.25, 0.3) is 0 Å². The Balaban J connectivity index is 1.77. The third kappa shape index (κ3) is 5.86. The summed E-state index contributed by atoms with van der Waals surface area (Å²) in [4.78, 5) is 0.488. The van der Waals surface area contributed by atoms with Crippen LogP contribution >= 0.6 is 24.0 Å². The van der Waals surface area contributed by atoms with Gasteiger partial charge in [0.2, 0.25) is 0 Å². The highest BCUT2D eigenvalue weighted by Crippen LogP contribution is 2.26. The lowest BCUT2D eigenvalue weighted by Crippen LogP contribution is -2.30. The van der Waals surface area contributed by atoms with E-state index in [-0.39, 0.29) is 11.5 Å². The van der Waals surface area contributed by atoms with E-state index in [1.54, 1.807) is 30.3 Å². The molecule has 24 heavy (non-hydrogen) atoms. The van der Waals surface area contributed by atoms with Crippen molar-refractivity contribution in [2.75, 3.05) is 11.9 Å². The highest BCUT2D eigenvalue weighted by Gasteiger charge is 2.05. The van der Waals surface area contributed by atoms with Crippen molar-refractivity contribution in [2.24, 2.45) is 0 Å². The third-order valence-corrected chi connectivity index (χ3v) is 4.05. The van der Waals surface area contributed by atoms with Gasteiger partial charge in [-0.1, -0.05) is 17.8 Å². The van der Waals surface area contributed by atoms with E-state index < -0.39 is 5.76 Å². The summed E-state index contributed by atoms with van der Waals surface area (Å²) in [6.07, 6.45) is 0.611. The smallest absolute Gasteiger partial charge is 0.288 e. The molecule has 0 fully saturated rings. The van der Waals surface area contributed by atoms with Crippen LogP contribution in [-0.4, -0.2) is 27.6 Å². The number of nitrogens with one attached hydrogen (secondary N) is 2. The number of halogens is 2. The molecule has 0 amide bonds. The van der Waals surface area contributed by atoms with Crippen molar-refractivity contribution in [1.29, 1.82) is 0 Å². The zero-order chi connectivity index (χ0) is 17.5. The van der Waals surface area contributed by atoms with Crippen molar-refractivity contribution in [1.82, 2.24) is 5.32 Å². The molecule has 128 valence electrons. The Kier molecular flexibility index (Phi) is 6.62. The van der Waals surface area contributed by atoms with Crippen molar-refractivity contribution in [3.05, 3.63) is 48.0 Å². The second-order valence-corrected chi connectivity index (χ2v) is 6.33. The predicted octanol–water partition coefficient (Wildman–Crippen LogP) is 3.94. The highest BCUT2D eigenvalue weighted by atomic mass is 32.2. The quantitative estimate of drug-likeness (QED) is 0.351. The van der Waals surface area contributed by atoms with E-state index in [1.807, 2.05) is 0 Å². The molecule has 0 aromatic heterocycles. The fraction of sp³-hybridized carbons (Fsp3) is 0.188. The molecule has 0 atom stereocenters. The molecule has 0 aliphatic heterocycles. The second-order valence-electron chi connectivity index (χ2n) is 4.86. The van der Waals surface area contributed by atoms with Crippen LogP contribution in [0.3, 0.4) is 0 Å². The van der Waals surface area contributed by atoms with Crippen LogP contribution in [0.4, 0.5) is 14.5 Å². The molecule has 0 aliphatic rings. The SMILES string of the molecule is Oc1ccc(CCNC(=S)Nc2ccc(SC(F)F)cc2)cc1O. The molecule has 0 saturated heterocycles. The lowest BCUT2D eigenvalue weighted by atomic mass is 10.1. The largest absolute Gasteiger partial charge is 0.504 e.